The van der Waals surface area contributed by atoms with Crippen molar-refractivity contribution >= 4 is 26.0 Å². The van der Waals surface area contributed by atoms with Crippen LogP contribution < -0.4 is 4.72 Å². The van der Waals surface area contributed by atoms with Crippen LogP contribution >= 0.6 is 15.9 Å². The number of rotatable bonds is 6. The lowest BCUT2D eigenvalue weighted by molar-refractivity contribution is 0.256. The van der Waals surface area contributed by atoms with E-state index >= 15 is 0 Å². The van der Waals surface area contributed by atoms with Gasteiger partial charge in [-0.15, -0.1) is 0 Å². The fourth-order valence-electron chi connectivity index (χ4n) is 1.72. The van der Waals surface area contributed by atoms with Crippen molar-refractivity contribution in [2.24, 2.45) is 5.92 Å². The molecule has 0 spiro atoms. The zero-order chi connectivity index (χ0) is 14.6. The Balaban J connectivity index is 2.99. The van der Waals surface area contributed by atoms with Gasteiger partial charge in [-0.2, -0.15) is 0 Å². The molecule has 0 heterocycles. The minimum Gasteiger partial charge on any atom is -0.396 e. The Bertz CT molecular complexity index is 529. The van der Waals surface area contributed by atoms with E-state index < -0.39 is 10.0 Å². The number of aryl methyl sites for hydroxylation is 1. The summed E-state index contributed by atoms with van der Waals surface area (Å²) >= 11 is 3.35. The molecule has 19 heavy (non-hydrogen) atoms. The number of halogens is 1. The molecule has 0 aliphatic rings. The van der Waals surface area contributed by atoms with Crippen molar-refractivity contribution in [3.63, 3.8) is 0 Å². The standard InChI is InChI=1S/C13H20BrNO3S/c1-9(2)13(6-7-16)15-19(17,18)11-4-5-12(14)10(3)8-11/h4-5,8-9,13,15-16H,6-7H2,1-3H3. The lowest BCUT2D eigenvalue weighted by Gasteiger charge is -2.21. The molecular formula is C13H20BrNO3S. The zero-order valence-corrected chi connectivity index (χ0v) is 13.8. The SMILES string of the molecule is Cc1cc(S(=O)(=O)NC(CCO)C(C)C)ccc1Br. The van der Waals surface area contributed by atoms with Crippen LogP contribution in [0, 0.1) is 12.8 Å². The molecule has 2 N–H and O–H groups in total. The smallest absolute Gasteiger partial charge is 0.240 e. The minimum absolute atomic E-state index is 0.0370. The molecule has 1 unspecified atom stereocenters. The largest absolute Gasteiger partial charge is 0.396 e. The van der Waals surface area contributed by atoms with Crippen LogP contribution in [0.5, 0.6) is 0 Å². The number of nitrogens with one attached hydrogen (secondary N) is 1. The van der Waals surface area contributed by atoms with Crippen LogP contribution in [0.3, 0.4) is 0 Å². The number of aliphatic hydroxyl groups excluding tert-OH is 1. The van der Waals surface area contributed by atoms with Crippen LogP contribution in [0.4, 0.5) is 0 Å². The number of aliphatic hydroxyl groups is 1. The fraction of sp³-hybridized carbons (Fsp3) is 0.538. The summed E-state index contributed by atoms with van der Waals surface area (Å²) < 4.78 is 28.1. The first-order chi connectivity index (χ1) is 8.77. The van der Waals surface area contributed by atoms with E-state index in [1.807, 2.05) is 20.8 Å². The number of hydrogen-bond acceptors (Lipinski definition) is 3. The van der Waals surface area contributed by atoms with Crippen LogP contribution in [0.15, 0.2) is 27.6 Å². The first kappa shape index (κ1) is 16.6. The summed E-state index contributed by atoms with van der Waals surface area (Å²) in [7, 11) is -3.55. The summed E-state index contributed by atoms with van der Waals surface area (Å²) in [6.45, 7) is 5.66. The molecule has 0 bridgehead atoms. The minimum atomic E-state index is -3.55. The fourth-order valence-corrected chi connectivity index (χ4v) is 3.47. The van der Waals surface area contributed by atoms with Crippen molar-refractivity contribution in [1.82, 2.24) is 4.72 Å². The van der Waals surface area contributed by atoms with E-state index in [9.17, 15) is 8.42 Å². The predicted molar refractivity (Wildman–Crippen MR) is 79.5 cm³/mol. The average molecular weight is 350 g/mol. The molecule has 0 aliphatic heterocycles. The molecule has 1 aromatic rings. The van der Waals surface area contributed by atoms with Gasteiger partial charge in [0.05, 0.1) is 4.90 Å². The Hall–Kier alpha value is -0.430. The van der Waals surface area contributed by atoms with E-state index in [0.29, 0.717) is 6.42 Å². The Kier molecular flexibility index (Phi) is 5.98. The molecule has 0 aliphatic carbocycles. The van der Waals surface area contributed by atoms with Crippen molar-refractivity contribution in [2.45, 2.75) is 38.1 Å². The first-order valence-electron chi connectivity index (χ1n) is 6.17. The van der Waals surface area contributed by atoms with Crippen LogP contribution in [0.25, 0.3) is 0 Å². The first-order valence-corrected chi connectivity index (χ1v) is 8.45. The van der Waals surface area contributed by atoms with Gasteiger partial charge in [-0.05, 0) is 43.0 Å². The summed E-state index contributed by atoms with van der Waals surface area (Å²) in [5.74, 6) is 0.124. The molecule has 6 heteroatoms. The molecule has 1 atom stereocenters. The summed E-state index contributed by atoms with van der Waals surface area (Å²) in [5.41, 5.74) is 0.867. The van der Waals surface area contributed by atoms with Crippen LogP contribution in [0.1, 0.15) is 25.8 Å². The summed E-state index contributed by atoms with van der Waals surface area (Å²) in [6, 6.07) is 4.65. The maximum absolute atomic E-state index is 12.3. The number of benzene rings is 1. The zero-order valence-electron chi connectivity index (χ0n) is 11.4. The topological polar surface area (TPSA) is 66.4 Å². The third-order valence-corrected chi connectivity index (χ3v) is 5.37. The molecule has 0 saturated heterocycles. The van der Waals surface area contributed by atoms with E-state index in [1.54, 1.807) is 18.2 Å². The number of hydrogen-bond donors (Lipinski definition) is 2. The van der Waals surface area contributed by atoms with Gasteiger partial charge in [-0.25, -0.2) is 13.1 Å². The van der Waals surface area contributed by atoms with Gasteiger partial charge >= 0.3 is 0 Å². The van der Waals surface area contributed by atoms with Gasteiger partial charge in [0.15, 0.2) is 0 Å². The molecule has 0 aromatic heterocycles. The van der Waals surface area contributed by atoms with E-state index in [1.165, 1.54) is 0 Å². The molecule has 1 aromatic carbocycles. The van der Waals surface area contributed by atoms with Crippen LogP contribution in [-0.4, -0.2) is 26.2 Å². The maximum Gasteiger partial charge on any atom is 0.240 e. The van der Waals surface area contributed by atoms with Gasteiger partial charge < -0.3 is 5.11 Å². The monoisotopic (exact) mass is 349 g/mol. The van der Waals surface area contributed by atoms with Crippen molar-refractivity contribution in [1.29, 1.82) is 0 Å². The summed E-state index contributed by atoms with van der Waals surface area (Å²) in [6.07, 6.45) is 0.409. The second-order valence-corrected chi connectivity index (χ2v) is 7.46. The van der Waals surface area contributed by atoms with Crippen LogP contribution in [-0.2, 0) is 10.0 Å². The summed E-state index contributed by atoms with van der Waals surface area (Å²) in [5, 5.41) is 8.99. The summed E-state index contributed by atoms with van der Waals surface area (Å²) in [4.78, 5) is 0.247. The van der Waals surface area contributed by atoms with Gasteiger partial charge in [0.1, 0.15) is 0 Å². The molecule has 0 amide bonds. The highest BCUT2D eigenvalue weighted by molar-refractivity contribution is 9.10. The molecule has 108 valence electrons. The van der Waals surface area contributed by atoms with Crippen molar-refractivity contribution in [2.75, 3.05) is 6.61 Å². The molecule has 0 saturated carbocycles. The van der Waals surface area contributed by atoms with Gasteiger partial charge in [-0.3, -0.25) is 0 Å². The quantitative estimate of drug-likeness (QED) is 0.828. The third kappa shape index (κ3) is 4.56. The van der Waals surface area contributed by atoms with E-state index in [0.717, 1.165) is 10.0 Å². The Morgan fingerprint density at radius 3 is 2.47 bits per heavy atom. The Labute approximate surface area is 123 Å². The lowest BCUT2D eigenvalue weighted by atomic mass is 10.0. The molecule has 0 fully saturated rings. The van der Waals surface area contributed by atoms with Crippen LogP contribution in [0.2, 0.25) is 0 Å². The third-order valence-electron chi connectivity index (χ3n) is 2.99. The molecule has 1 rings (SSSR count). The van der Waals surface area contributed by atoms with Gasteiger partial charge in [0.2, 0.25) is 10.0 Å². The predicted octanol–water partition coefficient (Wildman–Crippen LogP) is 2.44. The molecular weight excluding hydrogens is 330 g/mol. The van der Waals surface area contributed by atoms with Gasteiger partial charge in [-0.1, -0.05) is 29.8 Å². The Morgan fingerprint density at radius 2 is 2.00 bits per heavy atom. The lowest BCUT2D eigenvalue weighted by Crippen LogP contribution is -2.39. The normalized spacial score (nSPS) is 13.8. The highest BCUT2D eigenvalue weighted by Crippen LogP contribution is 2.21. The second kappa shape index (κ2) is 6.83. The molecule has 0 radical (unpaired) electrons. The van der Waals surface area contributed by atoms with E-state index in [4.69, 9.17) is 5.11 Å². The maximum atomic E-state index is 12.3. The van der Waals surface area contributed by atoms with Crippen molar-refractivity contribution in [3.8, 4) is 0 Å². The van der Waals surface area contributed by atoms with E-state index in [-0.39, 0.29) is 23.5 Å². The van der Waals surface area contributed by atoms with Gasteiger partial charge in [0, 0.05) is 17.1 Å². The van der Waals surface area contributed by atoms with Gasteiger partial charge in [0.25, 0.3) is 0 Å². The second-order valence-electron chi connectivity index (χ2n) is 4.90. The molecule has 4 nitrogen and oxygen atoms in total. The Morgan fingerprint density at radius 1 is 1.37 bits per heavy atom. The number of sulfonamides is 1. The van der Waals surface area contributed by atoms with Crippen molar-refractivity contribution < 1.29 is 13.5 Å². The average Bonchev–Trinajstić information content (AvgIpc) is 2.31. The highest BCUT2D eigenvalue weighted by atomic mass is 79.9. The van der Waals surface area contributed by atoms with Crippen molar-refractivity contribution in [3.05, 3.63) is 28.2 Å². The van der Waals surface area contributed by atoms with E-state index in [2.05, 4.69) is 20.7 Å². The highest BCUT2D eigenvalue weighted by Gasteiger charge is 2.22.